The molecule has 1 unspecified atom stereocenters. The van der Waals surface area contributed by atoms with E-state index >= 15 is 0 Å². The number of ketones is 1. The van der Waals surface area contributed by atoms with Gasteiger partial charge in [-0.15, -0.1) is 0 Å². The average molecular weight is 216 g/mol. The van der Waals surface area contributed by atoms with Crippen LogP contribution in [0.4, 0.5) is 0 Å². The lowest BCUT2D eigenvalue weighted by atomic mass is 9.83. The maximum atomic E-state index is 11.9. The van der Waals surface area contributed by atoms with Gasteiger partial charge >= 0.3 is 5.97 Å². The molecule has 1 N–H and O–H groups in total. The molecule has 1 aliphatic rings. The fourth-order valence-corrected chi connectivity index (χ4v) is 1.35. The topological polar surface area (TPSA) is 76.1 Å². The van der Waals surface area contributed by atoms with Crippen molar-refractivity contribution in [1.82, 2.24) is 0 Å². The number of aliphatic carboxylic acids is 1. The number of carboxylic acids is 1. The Bertz CT molecular complexity index is 272. The standard InChI is InChI=1S/C10H16O5/c1-9(2,3)8(13)10(6-15-10)5-14-4-7(11)12/h4-6H2,1-3H3,(H,11,12). The van der Waals surface area contributed by atoms with E-state index in [0.717, 1.165) is 0 Å². The second-order valence-electron chi connectivity index (χ2n) is 4.75. The van der Waals surface area contributed by atoms with E-state index in [2.05, 4.69) is 0 Å². The highest BCUT2D eigenvalue weighted by Crippen LogP contribution is 2.35. The molecule has 1 saturated heterocycles. The molecular weight excluding hydrogens is 200 g/mol. The van der Waals surface area contributed by atoms with E-state index in [-0.39, 0.29) is 12.4 Å². The van der Waals surface area contributed by atoms with Crippen molar-refractivity contribution in [3.63, 3.8) is 0 Å². The van der Waals surface area contributed by atoms with E-state index in [1.54, 1.807) is 20.8 Å². The summed E-state index contributed by atoms with van der Waals surface area (Å²) in [6.07, 6.45) is 0. The zero-order chi connectivity index (χ0) is 11.7. The van der Waals surface area contributed by atoms with Crippen LogP contribution in [0.1, 0.15) is 20.8 Å². The molecule has 86 valence electrons. The van der Waals surface area contributed by atoms with Crippen molar-refractivity contribution in [1.29, 1.82) is 0 Å². The van der Waals surface area contributed by atoms with Crippen molar-refractivity contribution < 1.29 is 24.2 Å². The number of carbonyl (C=O) groups is 2. The molecule has 0 amide bonds. The van der Waals surface area contributed by atoms with Crippen LogP contribution in [0.25, 0.3) is 0 Å². The van der Waals surface area contributed by atoms with Crippen LogP contribution in [0, 0.1) is 5.41 Å². The molecule has 1 atom stereocenters. The van der Waals surface area contributed by atoms with Crippen LogP contribution in [0.3, 0.4) is 0 Å². The highest BCUT2D eigenvalue weighted by molar-refractivity contribution is 5.94. The summed E-state index contributed by atoms with van der Waals surface area (Å²) >= 11 is 0. The number of rotatable bonds is 5. The summed E-state index contributed by atoms with van der Waals surface area (Å²) in [5.41, 5.74) is -1.39. The number of carbonyl (C=O) groups excluding carboxylic acids is 1. The molecule has 0 aliphatic carbocycles. The molecule has 15 heavy (non-hydrogen) atoms. The molecule has 0 aromatic heterocycles. The lowest BCUT2D eigenvalue weighted by molar-refractivity contribution is -0.145. The van der Waals surface area contributed by atoms with E-state index in [1.807, 2.05) is 0 Å². The van der Waals surface area contributed by atoms with Gasteiger partial charge in [0.25, 0.3) is 0 Å². The van der Waals surface area contributed by atoms with Crippen molar-refractivity contribution in [2.24, 2.45) is 5.41 Å². The summed E-state index contributed by atoms with van der Waals surface area (Å²) in [6, 6.07) is 0. The molecule has 1 heterocycles. The van der Waals surface area contributed by atoms with Crippen LogP contribution in [0.5, 0.6) is 0 Å². The fraction of sp³-hybridized carbons (Fsp3) is 0.800. The Kier molecular flexibility index (Phi) is 3.16. The van der Waals surface area contributed by atoms with Gasteiger partial charge in [-0.1, -0.05) is 20.8 Å². The van der Waals surface area contributed by atoms with Gasteiger partial charge in [0.1, 0.15) is 6.61 Å². The van der Waals surface area contributed by atoms with Crippen LogP contribution in [0.2, 0.25) is 0 Å². The number of ether oxygens (including phenoxy) is 2. The first kappa shape index (κ1) is 12.1. The fourth-order valence-electron chi connectivity index (χ4n) is 1.35. The summed E-state index contributed by atoms with van der Waals surface area (Å²) in [4.78, 5) is 22.1. The van der Waals surface area contributed by atoms with Crippen LogP contribution in [0.15, 0.2) is 0 Å². The van der Waals surface area contributed by atoms with Crippen molar-refractivity contribution in [3.05, 3.63) is 0 Å². The summed E-state index contributed by atoms with van der Waals surface area (Å²) in [5.74, 6) is -1.09. The molecular formula is C10H16O5. The normalized spacial score (nSPS) is 25.0. The Morgan fingerprint density at radius 2 is 2.00 bits per heavy atom. The van der Waals surface area contributed by atoms with Gasteiger partial charge in [-0.25, -0.2) is 4.79 Å². The van der Waals surface area contributed by atoms with Crippen molar-refractivity contribution in [3.8, 4) is 0 Å². The maximum absolute atomic E-state index is 11.9. The largest absolute Gasteiger partial charge is 0.480 e. The smallest absolute Gasteiger partial charge is 0.329 e. The third-order valence-electron chi connectivity index (χ3n) is 2.15. The Hall–Kier alpha value is -0.940. The Balaban J connectivity index is 2.47. The maximum Gasteiger partial charge on any atom is 0.329 e. The highest BCUT2D eigenvalue weighted by atomic mass is 16.6. The van der Waals surface area contributed by atoms with Crippen molar-refractivity contribution in [2.45, 2.75) is 26.4 Å². The summed E-state index contributed by atoms with van der Waals surface area (Å²) in [5, 5.41) is 8.38. The van der Waals surface area contributed by atoms with Crippen molar-refractivity contribution in [2.75, 3.05) is 19.8 Å². The molecule has 5 nitrogen and oxygen atoms in total. The van der Waals surface area contributed by atoms with Crippen molar-refractivity contribution >= 4 is 11.8 Å². The summed E-state index contributed by atoms with van der Waals surface area (Å²) < 4.78 is 9.99. The molecule has 0 aromatic carbocycles. The first-order valence-electron chi connectivity index (χ1n) is 4.76. The lowest BCUT2D eigenvalue weighted by Crippen LogP contribution is -2.39. The second kappa shape index (κ2) is 3.90. The molecule has 5 heteroatoms. The Morgan fingerprint density at radius 1 is 1.47 bits per heavy atom. The van der Waals surface area contributed by atoms with E-state index in [4.69, 9.17) is 14.6 Å². The first-order chi connectivity index (χ1) is 6.78. The van der Waals surface area contributed by atoms with Gasteiger partial charge in [0.05, 0.1) is 13.2 Å². The monoisotopic (exact) mass is 216 g/mol. The summed E-state index contributed by atoms with van der Waals surface area (Å²) in [6.45, 7) is 5.35. The van der Waals surface area contributed by atoms with E-state index < -0.39 is 23.6 Å². The zero-order valence-electron chi connectivity index (χ0n) is 9.20. The Morgan fingerprint density at radius 3 is 2.33 bits per heavy atom. The number of hydrogen-bond acceptors (Lipinski definition) is 4. The van der Waals surface area contributed by atoms with Crippen LogP contribution < -0.4 is 0 Å². The minimum absolute atomic E-state index is 0.0232. The minimum Gasteiger partial charge on any atom is -0.480 e. The Labute approximate surface area is 88.4 Å². The summed E-state index contributed by atoms with van der Waals surface area (Å²) in [7, 11) is 0. The first-order valence-corrected chi connectivity index (χ1v) is 4.76. The van der Waals surface area contributed by atoms with Crippen LogP contribution >= 0.6 is 0 Å². The van der Waals surface area contributed by atoms with Gasteiger partial charge in [-0.3, -0.25) is 4.79 Å². The molecule has 1 rings (SSSR count). The molecule has 0 saturated carbocycles. The molecule has 0 radical (unpaired) electrons. The highest BCUT2D eigenvalue weighted by Gasteiger charge is 2.55. The van der Waals surface area contributed by atoms with E-state index in [9.17, 15) is 9.59 Å². The minimum atomic E-state index is -1.05. The van der Waals surface area contributed by atoms with E-state index in [0.29, 0.717) is 6.61 Å². The number of carboxylic acid groups (broad SMARTS) is 1. The number of epoxide rings is 1. The van der Waals surface area contributed by atoms with Gasteiger partial charge in [-0.2, -0.15) is 0 Å². The number of hydrogen-bond donors (Lipinski definition) is 1. The van der Waals surface area contributed by atoms with Gasteiger partial charge in [0.15, 0.2) is 11.4 Å². The predicted octanol–water partition coefficient (Wildman–Crippen LogP) is 0.472. The van der Waals surface area contributed by atoms with Gasteiger partial charge in [-0.05, 0) is 0 Å². The molecule has 1 fully saturated rings. The lowest BCUT2D eigenvalue weighted by Gasteiger charge is -2.21. The van der Waals surface area contributed by atoms with Gasteiger partial charge in [0.2, 0.25) is 0 Å². The third-order valence-corrected chi connectivity index (χ3v) is 2.15. The van der Waals surface area contributed by atoms with Crippen LogP contribution in [-0.2, 0) is 19.1 Å². The number of Topliss-reactive ketones (excluding diaryl/α,β-unsaturated/α-hetero) is 1. The predicted molar refractivity (Wildman–Crippen MR) is 51.6 cm³/mol. The van der Waals surface area contributed by atoms with E-state index in [1.165, 1.54) is 0 Å². The molecule has 0 aromatic rings. The molecule has 1 aliphatic heterocycles. The quantitative estimate of drug-likeness (QED) is 0.676. The average Bonchev–Trinajstić information content (AvgIpc) is 2.82. The zero-order valence-corrected chi connectivity index (χ0v) is 9.20. The van der Waals surface area contributed by atoms with Crippen LogP contribution in [-0.4, -0.2) is 42.3 Å². The second-order valence-corrected chi connectivity index (χ2v) is 4.75. The third kappa shape index (κ3) is 3.00. The molecule has 0 bridgehead atoms. The van der Waals surface area contributed by atoms with Gasteiger partial charge in [0, 0.05) is 5.41 Å². The van der Waals surface area contributed by atoms with Gasteiger partial charge < -0.3 is 14.6 Å². The molecule has 0 spiro atoms. The SMILES string of the molecule is CC(C)(C)C(=O)C1(COCC(=O)O)CO1.